The van der Waals surface area contributed by atoms with Crippen LogP contribution in [0.2, 0.25) is 0 Å². The topological polar surface area (TPSA) is 67.3 Å². The molecule has 0 aliphatic carbocycles. The Kier molecular flexibility index (Phi) is 8.19. The minimum atomic E-state index is 0.241. The molecule has 0 amide bonds. The molecule has 5 heteroatoms. The first-order valence-electron chi connectivity index (χ1n) is 8.64. The Balaban J connectivity index is 0.000000671. The van der Waals surface area contributed by atoms with Crippen molar-refractivity contribution in [2.45, 2.75) is 47.6 Å². The number of nitrogens with one attached hydrogen (secondary N) is 1. The second-order valence-electron chi connectivity index (χ2n) is 4.93. The smallest absolute Gasteiger partial charge is 0.154 e. The molecule has 0 radical (unpaired) electrons. The van der Waals surface area contributed by atoms with E-state index in [1.54, 1.807) is 6.07 Å². The predicted molar refractivity (Wildman–Crippen MR) is 99.5 cm³/mol. The lowest BCUT2D eigenvalue weighted by Crippen LogP contribution is -2.16. The standard InChI is InChI=1S/C15H17N3O2.2C2H6/c1-9-3-4-11(13(19)7-9)14-10-5-6-20-8-12(10)15(16-2)18-17-14;2*1-2/h3-4,7,19H,5-6,8H2,1-2H3,(H,16,18);2*1-2H3. The van der Waals surface area contributed by atoms with Gasteiger partial charge in [-0.15, -0.1) is 10.2 Å². The van der Waals surface area contributed by atoms with E-state index in [0.29, 0.717) is 13.2 Å². The number of benzene rings is 1. The summed E-state index contributed by atoms with van der Waals surface area (Å²) in [6.45, 7) is 11.1. The molecule has 0 atom stereocenters. The minimum Gasteiger partial charge on any atom is -0.507 e. The highest BCUT2D eigenvalue weighted by atomic mass is 16.5. The molecule has 1 aromatic heterocycles. The van der Waals surface area contributed by atoms with Crippen LogP contribution < -0.4 is 5.32 Å². The summed E-state index contributed by atoms with van der Waals surface area (Å²) < 4.78 is 5.51. The Labute approximate surface area is 145 Å². The maximum absolute atomic E-state index is 10.2. The van der Waals surface area contributed by atoms with E-state index in [0.717, 1.165) is 40.2 Å². The van der Waals surface area contributed by atoms with Gasteiger partial charge in [0.1, 0.15) is 11.4 Å². The number of ether oxygens (including phenoxy) is 1. The fraction of sp³-hybridized carbons (Fsp3) is 0.474. The lowest BCUT2D eigenvalue weighted by atomic mass is 9.97. The highest BCUT2D eigenvalue weighted by molar-refractivity contribution is 5.72. The Morgan fingerprint density at radius 2 is 1.79 bits per heavy atom. The van der Waals surface area contributed by atoms with Gasteiger partial charge in [-0.05, 0) is 36.6 Å². The highest BCUT2D eigenvalue weighted by Crippen LogP contribution is 2.35. The molecule has 2 N–H and O–H groups in total. The lowest BCUT2D eigenvalue weighted by Gasteiger charge is -2.21. The molecule has 1 aromatic carbocycles. The third-order valence-corrected chi connectivity index (χ3v) is 3.57. The number of rotatable bonds is 2. The Hall–Kier alpha value is -2.14. The first-order valence-corrected chi connectivity index (χ1v) is 8.64. The van der Waals surface area contributed by atoms with Crippen molar-refractivity contribution < 1.29 is 9.84 Å². The number of phenolic OH excluding ortho intramolecular Hbond substituents is 1. The zero-order valence-electron chi connectivity index (χ0n) is 15.6. The maximum Gasteiger partial charge on any atom is 0.154 e. The monoisotopic (exact) mass is 331 g/mol. The Morgan fingerprint density at radius 1 is 1.08 bits per heavy atom. The van der Waals surface area contributed by atoms with Crippen LogP contribution in [-0.4, -0.2) is 29.0 Å². The molecule has 2 heterocycles. The van der Waals surface area contributed by atoms with Crippen LogP contribution in [0.4, 0.5) is 5.82 Å². The van der Waals surface area contributed by atoms with Gasteiger partial charge in [0.05, 0.1) is 13.2 Å². The number of phenols is 1. The van der Waals surface area contributed by atoms with E-state index < -0.39 is 0 Å². The number of hydrogen-bond acceptors (Lipinski definition) is 5. The summed E-state index contributed by atoms with van der Waals surface area (Å²) in [7, 11) is 1.82. The second-order valence-corrected chi connectivity index (χ2v) is 4.93. The number of aromatic hydroxyl groups is 1. The summed E-state index contributed by atoms with van der Waals surface area (Å²) in [5.41, 5.74) is 4.63. The van der Waals surface area contributed by atoms with Gasteiger partial charge in [-0.3, -0.25) is 0 Å². The van der Waals surface area contributed by atoms with Gasteiger partial charge in [0.2, 0.25) is 0 Å². The summed E-state index contributed by atoms with van der Waals surface area (Å²) in [6.07, 6.45) is 0.780. The molecule has 1 aliphatic heterocycles. The molecule has 0 bridgehead atoms. The SMILES string of the molecule is CC.CC.CNc1nnc(-c2ccc(C)cc2O)c2c1COCC2. The first kappa shape index (κ1) is 19.9. The summed E-state index contributed by atoms with van der Waals surface area (Å²) in [6, 6.07) is 5.60. The van der Waals surface area contributed by atoms with E-state index in [4.69, 9.17) is 4.74 Å². The number of hydrogen-bond donors (Lipinski definition) is 2. The normalized spacial score (nSPS) is 12.1. The highest BCUT2D eigenvalue weighted by Gasteiger charge is 2.21. The number of nitrogens with zero attached hydrogens (tertiary/aromatic N) is 2. The van der Waals surface area contributed by atoms with E-state index in [-0.39, 0.29) is 5.75 Å². The fourth-order valence-corrected chi connectivity index (χ4v) is 2.54. The average Bonchev–Trinajstić information content (AvgIpc) is 2.64. The number of fused-ring (bicyclic) bond motifs is 1. The molecule has 0 spiro atoms. The van der Waals surface area contributed by atoms with Gasteiger partial charge in [-0.1, -0.05) is 33.8 Å². The molecular formula is C19H29N3O2. The zero-order chi connectivity index (χ0) is 18.1. The van der Waals surface area contributed by atoms with Gasteiger partial charge >= 0.3 is 0 Å². The molecular weight excluding hydrogens is 302 g/mol. The van der Waals surface area contributed by atoms with Crippen LogP contribution in [-0.2, 0) is 17.8 Å². The van der Waals surface area contributed by atoms with Crippen LogP contribution >= 0.6 is 0 Å². The first-order chi connectivity index (χ1) is 11.7. The number of anilines is 1. The van der Waals surface area contributed by atoms with Crippen molar-refractivity contribution in [2.24, 2.45) is 0 Å². The Bertz CT molecular complexity index is 657. The summed E-state index contributed by atoms with van der Waals surface area (Å²) >= 11 is 0. The lowest BCUT2D eigenvalue weighted by molar-refractivity contribution is 0.111. The van der Waals surface area contributed by atoms with Crippen molar-refractivity contribution in [2.75, 3.05) is 19.0 Å². The molecule has 3 rings (SSSR count). The largest absolute Gasteiger partial charge is 0.507 e. The maximum atomic E-state index is 10.2. The van der Waals surface area contributed by atoms with Gasteiger partial charge in [0.25, 0.3) is 0 Å². The third kappa shape index (κ3) is 4.23. The van der Waals surface area contributed by atoms with Gasteiger partial charge in [0, 0.05) is 18.2 Å². The van der Waals surface area contributed by atoms with Gasteiger partial charge in [-0.25, -0.2) is 0 Å². The van der Waals surface area contributed by atoms with E-state index in [9.17, 15) is 5.11 Å². The van der Waals surface area contributed by atoms with Crippen molar-refractivity contribution in [3.05, 3.63) is 34.9 Å². The van der Waals surface area contributed by atoms with Crippen LogP contribution in [0.5, 0.6) is 5.75 Å². The molecule has 0 saturated carbocycles. The molecule has 5 nitrogen and oxygen atoms in total. The van der Waals surface area contributed by atoms with Crippen LogP contribution in [0.1, 0.15) is 44.4 Å². The van der Waals surface area contributed by atoms with Gasteiger partial charge in [-0.2, -0.15) is 0 Å². The Morgan fingerprint density at radius 3 is 2.42 bits per heavy atom. The average molecular weight is 331 g/mol. The molecule has 2 aromatic rings. The molecule has 24 heavy (non-hydrogen) atoms. The third-order valence-electron chi connectivity index (χ3n) is 3.57. The summed E-state index contributed by atoms with van der Waals surface area (Å²) in [5, 5.41) is 21.7. The van der Waals surface area contributed by atoms with Crippen molar-refractivity contribution in [1.29, 1.82) is 0 Å². The van der Waals surface area contributed by atoms with Crippen molar-refractivity contribution in [3.8, 4) is 17.0 Å². The molecule has 0 unspecified atom stereocenters. The van der Waals surface area contributed by atoms with E-state index in [1.165, 1.54) is 0 Å². The number of aromatic nitrogens is 2. The van der Waals surface area contributed by atoms with Crippen molar-refractivity contribution >= 4 is 5.82 Å². The molecule has 0 fully saturated rings. The summed E-state index contributed by atoms with van der Waals surface area (Å²) in [5.74, 6) is 0.986. The van der Waals surface area contributed by atoms with Crippen LogP contribution in [0.15, 0.2) is 18.2 Å². The summed E-state index contributed by atoms with van der Waals surface area (Å²) in [4.78, 5) is 0. The van der Waals surface area contributed by atoms with Crippen molar-refractivity contribution in [3.63, 3.8) is 0 Å². The van der Waals surface area contributed by atoms with Crippen LogP contribution in [0, 0.1) is 6.92 Å². The van der Waals surface area contributed by atoms with Crippen LogP contribution in [0.25, 0.3) is 11.3 Å². The minimum absolute atomic E-state index is 0.241. The van der Waals surface area contributed by atoms with Crippen LogP contribution in [0.3, 0.4) is 0 Å². The molecule has 132 valence electrons. The van der Waals surface area contributed by atoms with Gasteiger partial charge < -0.3 is 15.2 Å². The quantitative estimate of drug-likeness (QED) is 0.857. The predicted octanol–water partition coefficient (Wildman–Crippen LogP) is 4.32. The molecule has 0 saturated heterocycles. The van der Waals surface area contributed by atoms with E-state index in [2.05, 4.69) is 15.5 Å². The fourth-order valence-electron chi connectivity index (χ4n) is 2.54. The number of aryl methyl sites for hydroxylation is 1. The van der Waals surface area contributed by atoms with E-state index in [1.807, 2.05) is 53.8 Å². The van der Waals surface area contributed by atoms with Gasteiger partial charge in [0.15, 0.2) is 5.82 Å². The second kappa shape index (κ2) is 9.88. The zero-order valence-corrected chi connectivity index (χ0v) is 15.6. The molecule has 1 aliphatic rings. The van der Waals surface area contributed by atoms with Crippen molar-refractivity contribution in [1.82, 2.24) is 10.2 Å². The van der Waals surface area contributed by atoms with E-state index >= 15 is 0 Å².